The zero-order chi connectivity index (χ0) is 24.5. The van der Waals surface area contributed by atoms with Gasteiger partial charge < -0.3 is 9.88 Å². The number of carbonyl (C=O) groups excluding carboxylic acids is 1. The van der Waals surface area contributed by atoms with E-state index in [2.05, 4.69) is 80.1 Å². The minimum Gasteiger partial charge on any atom is -0.378 e. The standard InChI is InChI=1S/C25H29BrN6OS/c1-17(2)20-7-5-19(6-8-20)13-18(3)14-28-30-24(33)16-34-25-31-29-23(32(25)4)15-27-22-11-9-21(26)10-12-22/h5-14,17,27H,15-16H2,1-4H3,(H,30,33)/b18-13-,28-14+. The topological polar surface area (TPSA) is 84.2 Å². The summed E-state index contributed by atoms with van der Waals surface area (Å²) in [5.41, 5.74) is 6.92. The van der Waals surface area contributed by atoms with Crippen molar-refractivity contribution in [1.82, 2.24) is 20.2 Å². The highest BCUT2D eigenvalue weighted by atomic mass is 79.9. The molecule has 1 heterocycles. The second kappa shape index (κ2) is 12.5. The summed E-state index contributed by atoms with van der Waals surface area (Å²) in [5.74, 6) is 1.29. The highest BCUT2D eigenvalue weighted by Crippen LogP contribution is 2.18. The number of hydrazone groups is 1. The summed E-state index contributed by atoms with van der Waals surface area (Å²) in [5, 5.41) is 16.5. The van der Waals surface area contributed by atoms with Crippen molar-refractivity contribution in [3.05, 3.63) is 75.5 Å². The molecule has 0 spiro atoms. The van der Waals surface area contributed by atoms with Crippen LogP contribution in [0.5, 0.6) is 0 Å². The van der Waals surface area contributed by atoms with Crippen molar-refractivity contribution in [3.63, 3.8) is 0 Å². The SMILES string of the molecule is CC(=C/c1ccc(C(C)C)cc1)/C=N/NC(=O)CSc1nnc(CNc2ccc(Br)cc2)n1C. The minimum absolute atomic E-state index is 0.197. The molecule has 0 saturated carbocycles. The molecule has 3 rings (SSSR count). The summed E-state index contributed by atoms with van der Waals surface area (Å²) in [6.07, 6.45) is 3.67. The maximum absolute atomic E-state index is 12.2. The summed E-state index contributed by atoms with van der Waals surface area (Å²) in [4.78, 5) is 12.2. The lowest BCUT2D eigenvalue weighted by Crippen LogP contribution is -2.20. The van der Waals surface area contributed by atoms with Crippen LogP contribution >= 0.6 is 27.7 Å². The van der Waals surface area contributed by atoms with E-state index in [1.165, 1.54) is 17.3 Å². The molecule has 178 valence electrons. The van der Waals surface area contributed by atoms with Crippen LogP contribution in [-0.4, -0.2) is 32.6 Å². The number of aromatic nitrogens is 3. The molecule has 34 heavy (non-hydrogen) atoms. The summed E-state index contributed by atoms with van der Waals surface area (Å²) >= 11 is 4.75. The monoisotopic (exact) mass is 540 g/mol. The number of hydrogen-bond donors (Lipinski definition) is 2. The van der Waals surface area contributed by atoms with Crippen LogP contribution in [0.3, 0.4) is 0 Å². The average Bonchev–Trinajstić information content (AvgIpc) is 3.17. The molecule has 0 saturated heterocycles. The highest BCUT2D eigenvalue weighted by molar-refractivity contribution is 9.10. The van der Waals surface area contributed by atoms with Gasteiger partial charge in [0.15, 0.2) is 11.0 Å². The van der Waals surface area contributed by atoms with Gasteiger partial charge >= 0.3 is 0 Å². The van der Waals surface area contributed by atoms with E-state index in [0.717, 1.165) is 27.1 Å². The fraction of sp³-hybridized carbons (Fsp3) is 0.280. The molecule has 7 nitrogen and oxygen atoms in total. The number of benzene rings is 2. The smallest absolute Gasteiger partial charge is 0.250 e. The van der Waals surface area contributed by atoms with Crippen molar-refractivity contribution in [2.24, 2.45) is 12.1 Å². The molecule has 0 fully saturated rings. The molecule has 0 bridgehead atoms. The zero-order valence-electron chi connectivity index (χ0n) is 19.7. The van der Waals surface area contributed by atoms with Gasteiger partial charge in [-0.3, -0.25) is 4.79 Å². The van der Waals surface area contributed by atoms with Crippen LogP contribution in [0.4, 0.5) is 5.69 Å². The molecule has 0 radical (unpaired) electrons. The van der Waals surface area contributed by atoms with Crippen LogP contribution in [0.25, 0.3) is 6.08 Å². The van der Waals surface area contributed by atoms with Crippen LogP contribution in [0, 0.1) is 0 Å². The first-order chi connectivity index (χ1) is 16.3. The van der Waals surface area contributed by atoms with E-state index in [9.17, 15) is 4.79 Å². The largest absolute Gasteiger partial charge is 0.378 e. The van der Waals surface area contributed by atoms with Gasteiger partial charge in [-0.25, -0.2) is 5.43 Å². The number of anilines is 1. The Morgan fingerprint density at radius 1 is 1.15 bits per heavy atom. The van der Waals surface area contributed by atoms with Gasteiger partial charge in [0, 0.05) is 17.2 Å². The molecular formula is C25H29BrN6OS. The van der Waals surface area contributed by atoms with Gasteiger partial charge in [0.2, 0.25) is 0 Å². The Hall–Kier alpha value is -2.91. The zero-order valence-corrected chi connectivity index (χ0v) is 22.2. The number of nitrogens with zero attached hydrogens (tertiary/aromatic N) is 4. The quantitative estimate of drug-likeness (QED) is 0.198. The predicted octanol–water partition coefficient (Wildman–Crippen LogP) is 5.61. The van der Waals surface area contributed by atoms with Gasteiger partial charge in [-0.2, -0.15) is 5.10 Å². The average molecular weight is 542 g/mol. The molecule has 2 N–H and O–H groups in total. The number of hydrogen-bond acceptors (Lipinski definition) is 6. The van der Waals surface area contributed by atoms with Gasteiger partial charge in [0.1, 0.15) is 0 Å². The highest BCUT2D eigenvalue weighted by Gasteiger charge is 2.11. The second-order valence-corrected chi connectivity index (χ2v) is 9.97. The van der Waals surface area contributed by atoms with Crippen LogP contribution in [0.2, 0.25) is 0 Å². The number of carbonyl (C=O) groups is 1. The van der Waals surface area contributed by atoms with Gasteiger partial charge in [0.25, 0.3) is 5.91 Å². The normalized spacial score (nSPS) is 11.9. The Labute approximate surface area is 213 Å². The van der Waals surface area contributed by atoms with Crippen molar-refractivity contribution in [2.75, 3.05) is 11.1 Å². The fourth-order valence-electron chi connectivity index (χ4n) is 3.02. The van der Waals surface area contributed by atoms with Gasteiger partial charge in [-0.05, 0) is 53.8 Å². The van der Waals surface area contributed by atoms with E-state index < -0.39 is 0 Å². The van der Waals surface area contributed by atoms with Crippen molar-refractivity contribution < 1.29 is 4.79 Å². The van der Waals surface area contributed by atoms with Crippen molar-refractivity contribution in [1.29, 1.82) is 0 Å². The molecule has 0 atom stereocenters. The first-order valence-corrected chi connectivity index (χ1v) is 12.7. The molecule has 1 amide bonds. The Morgan fingerprint density at radius 2 is 1.85 bits per heavy atom. The van der Waals surface area contributed by atoms with Crippen molar-refractivity contribution >= 4 is 51.6 Å². The first kappa shape index (κ1) is 25.7. The molecule has 0 aliphatic heterocycles. The third-order valence-corrected chi connectivity index (χ3v) is 6.56. The van der Waals surface area contributed by atoms with E-state index in [1.807, 2.05) is 48.9 Å². The molecule has 0 aliphatic rings. The molecular weight excluding hydrogens is 512 g/mol. The lowest BCUT2D eigenvalue weighted by Gasteiger charge is -2.07. The first-order valence-electron chi connectivity index (χ1n) is 10.9. The maximum Gasteiger partial charge on any atom is 0.250 e. The second-order valence-electron chi connectivity index (χ2n) is 8.11. The third-order valence-electron chi connectivity index (χ3n) is 5.01. The van der Waals surface area contributed by atoms with Gasteiger partial charge in [0.05, 0.1) is 18.5 Å². The number of allylic oxidation sites excluding steroid dienone is 1. The Morgan fingerprint density at radius 3 is 2.53 bits per heavy atom. The molecule has 2 aromatic carbocycles. The predicted molar refractivity (Wildman–Crippen MR) is 144 cm³/mol. The summed E-state index contributed by atoms with van der Waals surface area (Å²) in [6, 6.07) is 16.4. The summed E-state index contributed by atoms with van der Waals surface area (Å²) in [6.45, 7) is 6.84. The van der Waals surface area contributed by atoms with Crippen LogP contribution < -0.4 is 10.7 Å². The molecule has 3 aromatic rings. The number of halogens is 1. The lowest BCUT2D eigenvalue weighted by molar-refractivity contribution is -0.118. The van der Waals surface area contributed by atoms with Gasteiger partial charge in [-0.15, -0.1) is 10.2 Å². The molecule has 1 aromatic heterocycles. The molecule has 0 unspecified atom stereocenters. The number of nitrogens with one attached hydrogen (secondary N) is 2. The molecule has 0 aliphatic carbocycles. The summed E-state index contributed by atoms with van der Waals surface area (Å²) < 4.78 is 2.91. The maximum atomic E-state index is 12.2. The van der Waals surface area contributed by atoms with E-state index in [1.54, 1.807) is 6.21 Å². The Bertz CT molecular complexity index is 1150. The van der Waals surface area contributed by atoms with Crippen molar-refractivity contribution in [2.45, 2.75) is 38.4 Å². The Balaban J connectivity index is 1.44. The van der Waals surface area contributed by atoms with Crippen LogP contribution in [0.15, 0.2) is 68.8 Å². The van der Waals surface area contributed by atoms with Crippen LogP contribution in [0.1, 0.15) is 43.6 Å². The fourth-order valence-corrected chi connectivity index (χ4v) is 4.01. The van der Waals surface area contributed by atoms with Gasteiger partial charge in [-0.1, -0.05) is 71.9 Å². The van der Waals surface area contributed by atoms with E-state index in [4.69, 9.17) is 0 Å². The van der Waals surface area contributed by atoms with E-state index in [0.29, 0.717) is 17.6 Å². The summed E-state index contributed by atoms with van der Waals surface area (Å²) in [7, 11) is 1.89. The lowest BCUT2D eigenvalue weighted by atomic mass is 10.0. The molecule has 9 heteroatoms. The number of thioether (sulfide) groups is 1. The van der Waals surface area contributed by atoms with Crippen LogP contribution in [-0.2, 0) is 18.4 Å². The van der Waals surface area contributed by atoms with E-state index >= 15 is 0 Å². The number of rotatable bonds is 10. The van der Waals surface area contributed by atoms with Crippen molar-refractivity contribution in [3.8, 4) is 0 Å². The Kier molecular flexibility index (Phi) is 9.47. The minimum atomic E-state index is -0.201. The third kappa shape index (κ3) is 7.85. The van der Waals surface area contributed by atoms with E-state index in [-0.39, 0.29) is 11.7 Å². The number of amides is 1.